The van der Waals surface area contributed by atoms with Gasteiger partial charge in [0.05, 0.1) is 0 Å². The molecular weight excluding hydrogens is 122 g/mol. The standard InChI is InChI=1S/C7H6F2/c1-5-2-3-6(8)7(9)4-5/h2-4,6H,1H2. The van der Waals surface area contributed by atoms with Crippen LogP contribution in [0.2, 0.25) is 0 Å². The molecule has 0 bridgehead atoms. The molecule has 0 aromatic rings. The first-order valence-corrected chi connectivity index (χ1v) is 2.58. The van der Waals surface area contributed by atoms with E-state index in [-0.39, 0.29) is 0 Å². The number of alkyl halides is 1. The van der Waals surface area contributed by atoms with E-state index in [0.29, 0.717) is 5.57 Å². The second kappa shape index (κ2) is 2.13. The lowest BCUT2D eigenvalue weighted by molar-refractivity contribution is 0.379. The van der Waals surface area contributed by atoms with Gasteiger partial charge in [0.25, 0.3) is 0 Å². The second-order valence-electron chi connectivity index (χ2n) is 1.87. The molecule has 0 aromatic carbocycles. The van der Waals surface area contributed by atoms with E-state index < -0.39 is 12.0 Å². The fraction of sp³-hybridized carbons (Fsp3) is 0.143. The minimum absolute atomic E-state index is 0.501. The Bertz CT molecular complexity index is 189. The Balaban J connectivity index is 2.82. The zero-order chi connectivity index (χ0) is 6.85. The van der Waals surface area contributed by atoms with E-state index in [4.69, 9.17) is 0 Å². The van der Waals surface area contributed by atoms with E-state index >= 15 is 0 Å². The molecule has 0 radical (unpaired) electrons. The van der Waals surface area contributed by atoms with E-state index in [2.05, 4.69) is 6.58 Å². The van der Waals surface area contributed by atoms with Gasteiger partial charge in [0.1, 0.15) is 5.83 Å². The molecule has 1 atom stereocenters. The van der Waals surface area contributed by atoms with Crippen LogP contribution >= 0.6 is 0 Å². The maximum absolute atomic E-state index is 12.2. The van der Waals surface area contributed by atoms with Crippen molar-refractivity contribution in [2.75, 3.05) is 0 Å². The van der Waals surface area contributed by atoms with Gasteiger partial charge in [0, 0.05) is 0 Å². The van der Waals surface area contributed by atoms with Crippen LogP contribution < -0.4 is 0 Å². The molecule has 0 saturated heterocycles. The van der Waals surface area contributed by atoms with E-state index in [1.54, 1.807) is 0 Å². The Labute approximate surface area is 52.2 Å². The first-order valence-electron chi connectivity index (χ1n) is 2.58. The molecule has 0 nitrogen and oxygen atoms in total. The minimum Gasteiger partial charge on any atom is -0.235 e. The third kappa shape index (κ3) is 1.25. The number of hydrogen-bond acceptors (Lipinski definition) is 0. The van der Waals surface area contributed by atoms with Gasteiger partial charge in [0.15, 0.2) is 6.17 Å². The Morgan fingerprint density at radius 2 is 2.22 bits per heavy atom. The smallest absolute Gasteiger partial charge is 0.170 e. The summed E-state index contributed by atoms with van der Waals surface area (Å²) in [5, 5.41) is 0. The van der Waals surface area contributed by atoms with Gasteiger partial charge in [-0.2, -0.15) is 0 Å². The van der Waals surface area contributed by atoms with E-state index in [1.807, 2.05) is 0 Å². The summed E-state index contributed by atoms with van der Waals surface area (Å²) in [7, 11) is 0. The van der Waals surface area contributed by atoms with Crippen LogP contribution in [0, 0.1) is 0 Å². The van der Waals surface area contributed by atoms with Crippen molar-refractivity contribution >= 4 is 0 Å². The average Bonchev–Trinajstić information content (AvgIpc) is 1.80. The molecule has 0 aliphatic heterocycles. The highest BCUT2D eigenvalue weighted by atomic mass is 19.2. The lowest BCUT2D eigenvalue weighted by atomic mass is 10.1. The molecule has 1 rings (SSSR count). The molecule has 0 saturated carbocycles. The van der Waals surface area contributed by atoms with E-state index in [0.717, 1.165) is 12.2 Å². The Kier molecular flexibility index (Phi) is 1.47. The summed E-state index contributed by atoms with van der Waals surface area (Å²) in [6, 6.07) is 0. The Hall–Kier alpha value is -0.920. The maximum atomic E-state index is 12.2. The first-order chi connectivity index (χ1) is 4.20. The van der Waals surface area contributed by atoms with Crippen molar-refractivity contribution < 1.29 is 8.78 Å². The van der Waals surface area contributed by atoms with Crippen molar-refractivity contribution in [1.29, 1.82) is 0 Å². The summed E-state index contributed by atoms with van der Waals surface area (Å²) in [5.74, 6) is -0.762. The summed E-state index contributed by atoms with van der Waals surface area (Å²) in [5.41, 5.74) is 0.501. The summed E-state index contributed by atoms with van der Waals surface area (Å²) >= 11 is 0. The predicted octanol–water partition coefficient (Wildman–Crippen LogP) is 2.30. The molecule has 0 N–H and O–H groups in total. The second-order valence-corrected chi connectivity index (χ2v) is 1.87. The van der Waals surface area contributed by atoms with Crippen molar-refractivity contribution in [2.24, 2.45) is 0 Å². The Morgan fingerprint density at radius 1 is 1.56 bits per heavy atom. The van der Waals surface area contributed by atoms with Crippen LogP contribution in [0.3, 0.4) is 0 Å². The van der Waals surface area contributed by atoms with Gasteiger partial charge in [-0.15, -0.1) is 0 Å². The average molecular weight is 128 g/mol. The third-order valence-corrected chi connectivity index (χ3v) is 1.07. The lowest BCUT2D eigenvalue weighted by Crippen LogP contribution is -1.99. The fourth-order valence-corrected chi connectivity index (χ4v) is 0.605. The number of halogens is 2. The molecule has 9 heavy (non-hydrogen) atoms. The highest BCUT2D eigenvalue weighted by Crippen LogP contribution is 2.18. The molecule has 0 aromatic heterocycles. The van der Waals surface area contributed by atoms with Gasteiger partial charge >= 0.3 is 0 Å². The maximum Gasteiger partial charge on any atom is 0.170 e. The van der Waals surface area contributed by atoms with Crippen LogP contribution in [0.1, 0.15) is 0 Å². The number of allylic oxidation sites excluding steroid dienone is 5. The predicted molar refractivity (Wildman–Crippen MR) is 32.4 cm³/mol. The summed E-state index contributed by atoms with van der Waals surface area (Å²) in [6.07, 6.45) is 2.12. The van der Waals surface area contributed by atoms with E-state index in [9.17, 15) is 8.78 Å². The summed E-state index contributed by atoms with van der Waals surface area (Å²) < 4.78 is 24.4. The van der Waals surface area contributed by atoms with Gasteiger partial charge in [0.2, 0.25) is 0 Å². The van der Waals surface area contributed by atoms with Gasteiger partial charge in [-0.1, -0.05) is 12.7 Å². The molecule has 0 amide bonds. The molecular formula is C7H6F2. The first kappa shape index (κ1) is 6.20. The van der Waals surface area contributed by atoms with Crippen LogP contribution in [0.25, 0.3) is 0 Å². The Morgan fingerprint density at radius 3 is 2.67 bits per heavy atom. The van der Waals surface area contributed by atoms with Crippen LogP contribution in [-0.4, -0.2) is 6.17 Å². The zero-order valence-electron chi connectivity index (χ0n) is 4.77. The van der Waals surface area contributed by atoms with Crippen LogP contribution in [0.4, 0.5) is 8.78 Å². The molecule has 0 spiro atoms. The highest BCUT2D eigenvalue weighted by Gasteiger charge is 2.11. The van der Waals surface area contributed by atoms with Gasteiger partial charge in [-0.25, -0.2) is 8.78 Å². The van der Waals surface area contributed by atoms with Crippen LogP contribution in [0.15, 0.2) is 36.2 Å². The topological polar surface area (TPSA) is 0 Å². The SMILES string of the molecule is C=C1C=CC(F)C(F)=C1. The summed E-state index contributed by atoms with van der Waals surface area (Å²) in [4.78, 5) is 0. The van der Waals surface area contributed by atoms with Crippen LogP contribution in [-0.2, 0) is 0 Å². The molecule has 0 fully saturated rings. The van der Waals surface area contributed by atoms with Crippen molar-refractivity contribution in [3.05, 3.63) is 36.2 Å². The molecule has 1 aliphatic rings. The zero-order valence-corrected chi connectivity index (χ0v) is 4.77. The largest absolute Gasteiger partial charge is 0.235 e. The molecule has 0 heterocycles. The number of hydrogen-bond donors (Lipinski definition) is 0. The fourth-order valence-electron chi connectivity index (χ4n) is 0.605. The molecule has 1 aliphatic carbocycles. The van der Waals surface area contributed by atoms with Gasteiger partial charge in [-0.3, -0.25) is 0 Å². The normalized spacial score (nSPS) is 26.2. The lowest BCUT2D eigenvalue weighted by Gasteiger charge is -2.04. The van der Waals surface area contributed by atoms with Crippen LogP contribution in [0.5, 0.6) is 0 Å². The monoisotopic (exact) mass is 128 g/mol. The highest BCUT2D eigenvalue weighted by molar-refractivity contribution is 5.36. The van der Waals surface area contributed by atoms with Crippen molar-refractivity contribution in [3.8, 4) is 0 Å². The van der Waals surface area contributed by atoms with Gasteiger partial charge < -0.3 is 0 Å². The van der Waals surface area contributed by atoms with E-state index in [1.165, 1.54) is 6.08 Å². The number of rotatable bonds is 0. The third-order valence-electron chi connectivity index (χ3n) is 1.07. The minimum atomic E-state index is -1.56. The molecule has 2 heteroatoms. The quantitative estimate of drug-likeness (QED) is 0.469. The molecule has 1 unspecified atom stereocenters. The van der Waals surface area contributed by atoms with Gasteiger partial charge in [-0.05, 0) is 17.7 Å². The van der Waals surface area contributed by atoms with Crippen molar-refractivity contribution in [3.63, 3.8) is 0 Å². The summed E-state index contributed by atoms with van der Waals surface area (Å²) in [6.45, 7) is 3.43. The van der Waals surface area contributed by atoms with Crippen molar-refractivity contribution in [2.45, 2.75) is 6.17 Å². The molecule has 48 valence electrons. The van der Waals surface area contributed by atoms with Crippen molar-refractivity contribution in [1.82, 2.24) is 0 Å².